The van der Waals surface area contributed by atoms with E-state index < -0.39 is 0 Å². The fourth-order valence-electron chi connectivity index (χ4n) is 2.11. The second kappa shape index (κ2) is 4.89. The smallest absolute Gasteiger partial charge is 0.0523 e. The molecule has 0 aliphatic heterocycles. The Kier molecular flexibility index (Phi) is 4.08. The normalized spacial score (nSPS) is 24.9. The fourth-order valence-corrected chi connectivity index (χ4v) is 2.70. The molecule has 0 N–H and O–H groups in total. The maximum Gasteiger partial charge on any atom is 0.0523 e. The first-order valence-electron chi connectivity index (χ1n) is 5.27. The lowest BCUT2D eigenvalue weighted by molar-refractivity contribution is 0.319. The van der Waals surface area contributed by atoms with Gasteiger partial charge in [-0.3, -0.25) is 0 Å². The van der Waals surface area contributed by atoms with Crippen LogP contribution in [0.4, 0.5) is 0 Å². The van der Waals surface area contributed by atoms with Crippen LogP contribution in [0.25, 0.3) is 0 Å². The third-order valence-electron chi connectivity index (χ3n) is 2.62. The lowest BCUT2D eigenvalue weighted by Gasteiger charge is -2.32. The van der Waals surface area contributed by atoms with Crippen LogP contribution in [0, 0.1) is 17.3 Å². The van der Waals surface area contributed by atoms with Crippen molar-refractivity contribution in [3.05, 3.63) is 11.6 Å². The van der Waals surface area contributed by atoms with Crippen molar-refractivity contribution in [1.82, 2.24) is 0 Å². The average molecular weight is 211 g/mol. The molecule has 0 spiro atoms. The van der Waals surface area contributed by atoms with E-state index in [-0.39, 0.29) is 5.38 Å². The van der Waals surface area contributed by atoms with Crippen molar-refractivity contribution in [2.45, 2.75) is 51.8 Å². The van der Waals surface area contributed by atoms with Crippen LogP contribution in [0.2, 0.25) is 0 Å². The van der Waals surface area contributed by atoms with E-state index in [0.29, 0.717) is 5.41 Å². The zero-order valence-electron chi connectivity index (χ0n) is 9.36. The molecule has 0 aromatic carbocycles. The van der Waals surface area contributed by atoms with Crippen LogP contribution in [-0.4, -0.2) is 5.38 Å². The van der Waals surface area contributed by atoms with E-state index in [4.69, 9.17) is 11.6 Å². The first-order valence-corrected chi connectivity index (χ1v) is 5.70. The summed E-state index contributed by atoms with van der Waals surface area (Å²) >= 11 is 6.20. The Hall–Kier alpha value is -0.410. The molecular weight excluding hydrogens is 192 g/mol. The van der Waals surface area contributed by atoms with E-state index in [9.17, 15) is 0 Å². The molecule has 78 valence electrons. The Morgan fingerprint density at radius 1 is 1.57 bits per heavy atom. The summed E-state index contributed by atoms with van der Waals surface area (Å²) in [6.45, 7) is 6.48. The van der Waals surface area contributed by atoms with Gasteiger partial charge in [-0.05, 0) is 31.6 Å². The van der Waals surface area contributed by atoms with E-state index in [2.05, 4.69) is 31.8 Å². The summed E-state index contributed by atoms with van der Waals surface area (Å²) in [5.41, 5.74) is 1.86. The third kappa shape index (κ3) is 3.76. The second-order valence-corrected chi connectivity index (χ2v) is 5.37. The van der Waals surface area contributed by atoms with Gasteiger partial charge in [-0.2, -0.15) is 0 Å². The van der Waals surface area contributed by atoms with E-state index in [1.807, 2.05) is 6.92 Å². The number of allylic oxidation sites excluding steroid dienone is 2. The molecule has 1 aliphatic carbocycles. The summed E-state index contributed by atoms with van der Waals surface area (Å²) in [5, 5.41) is 0.225. The predicted octanol–water partition coefficient (Wildman–Crippen LogP) is 4.14. The molecule has 1 unspecified atom stereocenters. The highest BCUT2D eigenvalue weighted by molar-refractivity contribution is 6.21. The van der Waals surface area contributed by atoms with Gasteiger partial charge in [-0.15, -0.1) is 23.4 Å². The van der Waals surface area contributed by atoms with Gasteiger partial charge in [-0.25, -0.2) is 0 Å². The lowest BCUT2D eigenvalue weighted by atomic mass is 9.76. The van der Waals surface area contributed by atoms with Crippen LogP contribution in [0.3, 0.4) is 0 Å². The Bertz CT molecular complexity index is 275. The average Bonchev–Trinajstić information content (AvgIpc) is 2.00. The Morgan fingerprint density at radius 2 is 2.29 bits per heavy atom. The van der Waals surface area contributed by atoms with Gasteiger partial charge in [0.05, 0.1) is 5.38 Å². The van der Waals surface area contributed by atoms with Crippen molar-refractivity contribution in [2.75, 3.05) is 0 Å². The minimum atomic E-state index is 0.225. The maximum atomic E-state index is 6.20. The fraction of sp³-hybridized carbons (Fsp3) is 0.692. The highest BCUT2D eigenvalue weighted by atomic mass is 35.5. The van der Waals surface area contributed by atoms with Crippen LogP contribution in [0.5, 0.6) is 0 Å². The monoisotopic (exact) mass is 210 g/mol. The molecule has 0 saturated carbocycles. The SMILES string of the molecule is CC#CCCC1=CC(Cl)CC(C)(C)C1. The molecule has 1 rings (SSSR count). The molecule has 1 aliphatic rings. The Labute approximate surface area is 92.7 Å². The topological polar surface area (TPSA) is 0 Å². The summed E-state index contributed by atoms with van der Waals surface area (Å²) in [5.74, 6) is 6.03. The van der Waals surface area contributed by atoms with Crippen LogP contribution >= 0.6 is 11.6 Å². The summed E-state index contributed by atoms with van der Waals surface area (Å²) in [6.07, 6.45) is 6.57. The number of alkyl halides is 1. The zero-order chi connectivity index (χ0) is 10.6. The minimum Gasteiger partial charge on any atom is -0.118 e. The van der Waals surface area contributed by atoms with Gasteiger partial charge in [0.25, 0.3) is 0 Å². The predicted molar refractivity (Wildman–Crippen MR) is 63.4 cm³/mol. The molecule has 0 heterocycles. The minimum absolute atomic E-state index is 0.225. The first kappa shape index (κ1) is 11.7. The van der Waals surface area contributed by atoms with Crippen molar-refractivity contribution in [3.8, 4) is 11.8 Å². The molecule has 1 heteroatoms. The number of halogens is 1. The molecule has 0 aromatic heterocycles. The zero-order valence-corrected chi connectivity index (χ0v) is 10.1. The summed E-state index contributed by atoms with van der Waals surface area (Å²) < 4.78 is 0. The van der Waals surface area contributed by atoms with E-state index in [1.54, 1.807) is 0 Å². The summed E-state index contributed by atoms with van der Waals surface area (Å²) in [7, 11) is 0. The van der Waals surface area contributed by atoms with Gasteiger partial charge in [0.2, 0.25) is 0 Å². The largest absolute Gasteiger partial charge is 0.118 e. The quantitative estimate of drug-likeness (QED) is 0.365. The molecule has 0 fully saturated rings. The van der Waals surface area contributed by atoms with Gasteiger partial charge >= 0.3 is 0 Å². The molecule has 1 atom stereocenters. The second-order valence-electron chi connectivity index (χ2n) is 4.81. The maximum absolute atomic E-state index is 6.20. The van der Waals surface area contributed by atoms with Gasteiger partial charge in [-0.1, -0.05) is 25.5 Å². The van der Waals surface area contributed by atoms with Crippen molar-refractivity contribution in [1.29, 1.82) is 0 Å². The van der Waals surface area contributed by atoms with Gasteiger partial charge < -0.3 is 0 Å². The standard InChI is InChI=1S/C13H19Cl/c1-4-5-6-7-11-8-12(14)10-13(2,3)9-11/h8,12H,6-7,9-10H2,1-3H3. The van der Waals surface area contributed by atoms with Crippen LogP contribution in [0.1, 0.15) is 46.5 Å². The van der Waals surface area contributed by atoms with Crippen LogP contribution < -0.4 is 0 Å². The molecule has 0 nitrogen and oxygen atoms in total. The van der Waals surface area contributed by atoms with Gasteiger partial charge in [0, 0.05) is 6.42 Å². The lowest BCUT2D eigenvalue weighted by Crippen LogP contribution is -2.22. The molecular formula is C13H19Cl. The third-order valence-corrected chi connectivity index (χ3v) is 2.90. The van der Waals surface area contributed by atoms with E-state index in [1.165, 1.54) is 12.0 Å². The number of hydrogen-bond acceptors (Lipinski definition) is 0. The molecule has 0 amide bonds. The Balaban J connectivity index is 2.54. The van der Waals surface area contributed by atoms with Gasteiger partial charge in [0.1, 0.15) is 0 Å². The molecule has 0 aromatic rings. The first-order chi connectivity index (χ1) is 6.53. The summed E-state index contributed by atoms with van der Waals surface area (Å²) in [6, 6.07) is 0. The highest BCUT2D eigenvalue weighted by Crippen LogP contribution is 2.38. The Morgan fingerprint density at radius 3 is 2.86 bits per heavy atom. The van der Waals surface area contributed by atoms with Crippen molar-refractivity contribution in [3.63, 3.8) is 0 Å². The van der Waals surface area contributed by atoms with E-state index in [0.717, 1.165) is 19.3 Å². The van der Waals surface area contributed by atoms with Crippen LogP contribution in [0.15, 0.2) is 11.6 Å². The molecule has 0 saturated heterocycles. The van der Waals surface area contributed by atoms with Crippen molar-refractivity contribution < 1.29 is 0 Å². The number of rotatable bonds is 2. The molecule has 14 heavy (non-hydrogen) atoms. The number of hydrogen-bond donors (Lipinski definition) is 0. The highest BCUT2D eigenvalue weighted by Gasteiger charge is 2.26. The molecule has 0 radical (unpaired) electrons. The molecule has 0 bridgehead atoms. The van der Waals surface area contributed by atoms with Crippen molar-refractivity contribution in [2.24, 2.45) is 5.41 Å². The van der Waals surface area contributed by atoms with Crippen molar-refractivity contribution >= 4 is 11.6 Å². The van der Waals surface area contributed by atoms with Gasteiger partial charge in [0.15, 0.2) is 0 Å². The summed E-state index contributed by atoms with van der Waals surface area (Å²) in [4.78, 5) is 0. The van der Waals surface area contributed by atoms with E-state index >= 15 is 0 Å². The van der Waals surface area contributed by atoms with Crippen LogP contribution in [-0.2, 0) is 0 Å².